The molecule has 2 aromatic rings. The van der Waals surface area contributed by atoms with E-state index >= 15 is 0 Å². The standard InChI is InChI=1S/C11H12N2O2S/c1-6-3-4-8-9(5-6)16-11(13-8)12-7(2)10(14)15/h3-5,7H,1-2H3,(H,12,13)(H,14,15). The van der Waals surface area contributed by atoms with E-state index in [1.165, 1.54) is 16.9 Å². The Labute approximate surface area is 96.9 Å². The molecule has 2 rings (SSSR count). The molecule has 1 heterocycles. The summed E-state index contributed by atoms with van der Waals surface area (Å²) in [6, 6.07) is 5.36. The average molecular weight is 236 g/mol. The van der Waals surface area contributed by atoms with Crippen molar-refractivity contribution in [3.8, 4) is 0 Å². The van der Waals surface area contributed by atoms with Gasteiger partial charge in [0.15, 0.2) is 5.13 Å². The Bertz CT molecular complexity index is 536. The second-order valence-corrected chi connectivity index (χ2v) is 4.73. The van der Waals surface area contributed by atoms with Gasteiger partial charge in [-0.25, -0.2) is 4.98 Å². The molecule has 5 heteroatoms. The minimum Gasteiger partial charge on any atom is -0.480 e. The molecule has 1 unspecified atom stereocenters. The van der Waals surface area contributed by atoms with Crippen LogP contribution in [-0.2, 0) is 4.79 Å². The summed E-state index contributed by atoms with van der Waals surface area (Å²) in [4.78, 5) is 15.0. The van der Waals surface area contributed by atoms with Gasteiger partial charge in [-0.15, -0.1) is 0 Å². The van der Waals surface area contributed by atoms with Crippen molar-refractivity contribution in [1.82, 2.24) is 4.98 Å². The molecule has 0 aliphatic carbocycles. The van der Waals surface area contributed by atoms with Gasteiger partial charge in [-0.1, -0.05) is 17.4 Å². The monoisotopic (exact) mass is 236 g/mol. The summed E-state index contributed by atoms with van der Waals surface area (Å²) in [6.45, 7) is 3.62. The molecule has 0 spiro atoms. The molecule has 0 saturated carbocycles. The Kier molecular flexibility index (Phi) is 2.78. The number of thiazole rings is 1. The number of hydrogen-bond acceptors (Lipinski definition) is 4. The van der Waals surface area contributed by atoms with Crippen LogP contribution in [-0.4, -0.2) is 22.1 Å². The first-order valence-electron chi connectivity index (χ1n) is 4.93. The Hall–Kier alpha value is -1.62. The topological polar surface area (TPSA) is 62.2 Å². The van der Waals surface area contributed by atoms with Crippen LogP contribution < -0.4 is 5.32 Å². The predicted octanol–water partition coefficient (Wildman–Crippen LogP) is 2.49. The molecule has 16 heavy (non-hydrogen) atoms. The maximum absolute atomic E-state index is 10.7. The van der Waals surface area contributed by atoms with E-state index < -0.39 is 12.0 Å². The minimum absolute atomic E-state index is 0.623. The van der Waals surface area contributed by atoms with Crippen molar-refractivity contribution >= 4 is 32.7 Å². The summed E-state index contributed by atoms with van der Waals surface area (Å²) in [6.07, 6.45) is 0. The summed E-state index contributed by atoms with van der Waals surface area (Å²) in [5, 5.41) is 12.3. The number of carbonyl (C=O) groups is 1. The van der Waals surface area contributed by atoms with E-state index in [4.69, 9.17) is 5.11 Å². The van der Waals surface area contributed by atoms with Gasteiger partial charge in [-0.3, -0.25) is 4.79 Å². The molecule has 1 atom stereocenters. The summed E-state index contributed by atoms with van der Waals surface area (Å²) >= 11 is 1.47. The normalized spacial score (nSPS) is 12.6. The van der Waals surface area contributed by atoms with E-state index in [0.29, 0.717) is 5.13 Å². The number of aryl methyl sites for hydroxylation is 1. The van der Waals surface area contributed by atoms with Crippen molar-refractivity contribution < 1.29 is 9.90 Å². The van der Waals surface area contributed by atoms with Gasteiger partial charge in [-0.05, 0) is 31.5 Å². The van der Waals surface area contributed by atoms with Crippen LogP contribution in [0, 0.1) is 6.92 Å². The first-order valence-corrected chi connectivity index (χ1v) is 5.74. The van der Waals surface area contributed by atoms with Crippen LogP contribution in [0.15, 0.2) is 18.2 Å². The van der Waals surface area contributed by atoms with Gasteiger partial charge in [-0.2, -0.15) is 0 Å². The summed E-state index contributed by atoms with van der Waals surface area (Å²) in [5.41, 5.74) is 2.07. The van der Waals surface area contributed by atoms with E-state index in [-0.39, 0.29) is 0 Å². The van der Waals surface area contributed by atoms with Gasteiger partial charge >= 0.3 is 5.97 Å². The van der Waals surface area contributed by atoms with Crippen LogP contribution in [0.3, 0.4) is 0 Å². The Morgan fingerprint density at radius 1 is 1.56 bits per heavy atom. The van der Waals surface area contributed by atoms with Crippen molar-refractivity contribution in [3.63, 3.8) is 0 Å². The average Bonchev–Trinajstić information content (AvgIpc) is 2.58. The molecule has 0 aliphatic rings. The van der Waals surface area contributed by atoms with E-state index in [2.05, 4.69) is 10.3 Å². The molecule has 2 N–H and O–H groups in total. The number of carboxylic acid groups (broad SMARTS) is 1. The van der Waals surface area contributed by atoms with Crippen LogP contribution in [0.25, 0.3) is 10.2 Å². The molecule has 1 aromatic heterocycles. The molecule has 0 aliphatic heterocycles. The highest BCUT2D eigenvalue weighted by Gasteiger charge is 2.12. The lowest BCUT2D eigenvalue weighted by Crippen LogP contribution is -2.25. The van der Waals surface area contributed by atoms with E-state index in [9.17, 15) is 4.79 Å². The predicted molar refractivity (Wildman–Crippen MR) is 65.1 cm³/mol. The molecule has 0 radical (unpaired) electrons. The first kappa shape index (κ1) is 10.9. The summed E-state index contributed by atoms with van der Waals surface area (Å²) < 4.78 is 1.07. The fourth-order valence-corrected chi connectivity index (χ4v) is 2.39. The number of fused-ring (bicyclic) bond motifs is 1. The summed E-state index contributed by atoms with van der Waals surface area (Å²) in [5.74, 6) is -0.879. The second-order valence-electron chi connectivity index (χ2n) is 3.69. The zero-order chi connectivity index (χ0) is 11.7. The summed E-state index contributed by atoms with van der Waals surface area (Å²) in [7, 11) is 0. The fraction of sp³-hybridized carbons (Fsp3) is 0.273. The molecule has 0 fully saturated rings. The number of benzene rings is 1. The zero-order valence-corrected chi connectivity index (χ0v) is 9.84. The fourth-order valence-electron chi connectivity index (χ4n) is 1.34. The number of rotatable bonds is 3. The first-order chi connectivity index (χ1) is 7.56. The quantitative estimate of drug-likeness (QED) is 0.859. The number of anilines is 1. The van der Waals surface area contributed by atoms with Gasteiger partial charge in [0.05, 0.1) is 10.2 Å². The highest BCUT2D eigenvalue weighted by atomic mass is 32.1. The molecule has 0 bridgehead atoms. The van der Waals surface area contributed by atoms with E-state index in [1.807, 2.05) is 25.1 Å². The van der Waals surface area contributed by atoms with E-state index in [1.54, 1.807) is 6.92 Å². The molecular formula is C11H12N2O2S. The largest absolute Gasteiger partial charge is 0.480 e. The minimum atomic E-state index is -0.879. The van der Waals surface area contributed by atoms with Gasteiger partial charge in [0.1, 0.15) is 6.04 Å². The lowest BCUT2D eigenvalue weighted by molar-refractivity contribution is -0.137. The molecular weight excluding hydrogens is 224 g/mol. The number of nitrogens with one attached hydrogen (secondary N) is 1. The van der Waals surface area contributed by atoms with Crippen molar-refractivity contribution in [2.45, 2.75) is 19.9 Å². The van der Waals surface area contributed by atoms with Crippen LogP contribution in [0.2, 0.25) is 0 Å². The number of aliphatic carboxylic acids is 1. The maximum Gasteiger partial charge on any atom is 0.325 e. The van der Waals surface area contributed by atoms with Gasteiger partial charge in [0.2, 0.25) is 0 Å². The second kappa shape index (κ2) is 4.09. The van der Waals surface area contributed by atoms with Gasteiger partial charge < -0.3 is 10.4 Å². The lowest BCUT2D eigenvalue weighted by Gasteiger charge is -2.05. The van der Waals surface area contributed by atoms with Crippen molar-refractivity contribution in [2.24, 2.45) is 0 Å². The van der Waals surface area contributed by atoms with Crippen LogP contribution in [0.1, 0.15) is 12.5 Å². The third-order valence-electron chi connectivity index (χ3n) is 2.25. The third kappa shape index (κ3) is 2.14. The van der Waals surface area contributed by atoms with Gasteiger partial charge in [0, 0.05) is 0 Å². The highest BCUT2D eigenvalue weighted by molar-refractivity contribution is 7.22. The van der Waals surface area contributed by atoms with Crippen LogP contribution in [0.5, 0.6) is 0 Å². The SMILES string of the molecule is Cc1ccc2nc(NC(C)C(=O)O)sc2c1. The van der Waals surface area contributed by atoms with Crippen molar-refractivity contribution in [3.05, 3.63) is 23.8 Å². The van der Waals surface area contributed by atoms with E-state index in [0.717, 1.165) is 10.2 Å². The number of nitrogens with zero attached hydrogens (tertiary/aromatic N) is 1. The zero-order valence-electron chi connectivity index (χ0n) is 9.02. The van der Waals surface area contributed by atoms with Gasteiger partial charge in [0.25, 0.3) is 0 Å². The molecule has 1 aromatic carbocycles. The third-order valence-corrected chi connectivity index (χ3v) is 3.20. The Balaban J connectivity index is 2.29. The number of aromatic nitrogens is 1. The molecule has 4 nitrogen and oxygen atoms in total. The van der Waals surface area contributed by atoms with Crippen molar-refractivity contribution in [2.75, 3.05) is 5.32 Å². The molecule has 0 saturated heterocycles. The van der Waals surface area contributed by atoms with Crippen molar-refractivity contribution in [1.29, 1.82) is 0 Å². The van der Waals surface area contributed by atoms with Crippen LogP contribution in [0.4, 0.5) is 5.13 Å². The smallest absolute Gasteiger partial charge is 0.325 e. The number of carboxylic acids is 1. The van der Waals surface area contributed by atoms with Crippen LogP contribution >= 0.6 is 11.3 Å². The maximum atomic E-state index is 10.7. The number of hydrogen-bond donors (Lipinski definition) is 2. The Morgan fingerprint density at radius 3 is 3.00 bits per heavy atom. The Morgan fingerprint density at radius 2 is 2.31 bits per heavy atom. The molecule has 84 valence electrons. The lowest BCUT2D eigenvalue weighted by atomic mass is 10.2. The molecule has 0 amide bonds. The highest BCUT2D eigenvalue weighted by Crippen LogP contribution is 2.26.